The van der Waals surface area contributed by atoms with Gasteiger partial charge in [-0.05, 0) is 42.7 Å². The first-order chi connectivity index (χ1) is 11.0. The van der Waals surface area contributed by atoms with Crippen molar-refractivity contribution in [3.63, 3.8) is 0 Å². The predicted octanol–water partition coefficient (Wildman–Crippen LogP) is 4.24. The number of para-hydroxylation sites is 1. The lowest BCUT2D eigenvalue weighted by Crippen LogP contribution is -2.16. The molecular weight excluding hydrogens is 290 g/mol. The van der Waals surface area contributed by atoms with Gasteiger partial charge in [0, 0.05) is 5.56 Å². The molecule has 23 heavy (non-hydrogen) atoms. The Kier molecular flexibility index (Phi) is 5.52. The van der Waals surface area contributed by atoms with Gasteiger partial charge in [-0.15, -0.1) is 0 Å². The summed E-state index contributed by atoms with van der Waals surface area (Å²) >= 11 is 0. The molecule has 0 spiro atoms. The molecule has 2 aromatic carbocycles. The molecule has 1 amide bonds. The highest BCUT2D eigenvalue weighted by molar-refractivity contribution is 6.08. The van der Waals surface area contributed by atoms with E-state index >= 15 is 0 Å². The van der Waals surface area contributed by atoms with Crippen LogP contribution < -0.4 is 5.32 Å². The Balaban J connectivity index is 2.18. The van der Waals surface area contributed by atoms with Crippen molar-refractivity contribution in [3.05, 3.63) is 65.2 Å². The Hall–Kier alpha value is -2.62. The Morgan fingerprint density at radius 3 is 2.30 bits per heavy atom. The number of carbonyl (C=O) groups is 2. The van der Waals surface area contributed by atoms with Crippen molar-refractivity contribution in [1.82, 2.24) is 0 Å². The van der Waals surface area contributed by atoms with E-state index in [0.29, 0.717) is 22.7 Å². The standard InChI is InChI=1S/C19H21NO3/c1-4-23-19(22)16-7-5-6-8-17(16)20-18(21)15-11-9-14(10-12-15)13(2)3/h5-13H,4H2,1-3H3,(H,20,21). The van der Waals surface area contributed by atoms with E-state index in [2.05, 4.69) is 19.2 Å². The van der Waals surface area contributed by atoms with E-state index in [4.69, 9.17) is 4.74 Å². The molecule has 0 bridgehead atoms. The molecule has 0 saturated heterocycles. The molecule has 0 aromatic heterocycles. The van der Waals surface area contributed by atoms with Gasteiger partial charge in [-0.1, -0.05) is 38.1 Å². The Bertz CT molecular complexity index is 690. The van der Waals surface area contributed by atoms with Crippen LogP contribution in [0.4, 0.5) is 5.69 Å². The maximum Gasteiger partial charge on any atom is 0.340 e. The number of nitrogens with one attached hydrogen (secondary N) is 1. The van der Waals surface area contributed by atoms with Crippen molar-refractivity contribution in [2.75, 3.05) is 11.9 Å². The van der Waals surface area contributed by atoms with E-state index in [1.165, 1.54) is 5.56 Å². The van der Waals surface area contributed by atoms with E-state index < -0.39 is 5.97 Å². The van der Waals surface area contributed by atoms with E-state index in [-0.39, 0.29) is 12.5 Å². The minimum absolute atomic E-state index is 0.253. The van der Waals surface area contributed by atoms with Gasteiger partial charge in [-0.25, -0.2) is 4.79 Å². The quantitative estimate of drug-likeness (QED) is 0.840. The first-order valence-corrected chi connectivity index (χ1v) is 7.70. The second kappa shape index (κ2) is 7.58. The molecule has 0 aliphatic heterocycles. The zero-order chi connectivity index (χ0) is 16.8. The average Bonchev–Trinajstić information content (AvgIpc) is 2.55. The van der Waals surface area contributed by atoms with Crippen LogP contribution in [0.25, 0.3) is 0 Å². The van der Waals surface area contributed by atoms with Gasteiger partial charge in [0.15, 0.2) is 0 Å². The highest BCUT2D eigenvalue weighted by Crippen LogP contribution is 2.19. The number of hydrogen-bond acceptors (Lipinski definition) is 3. The molecule has 120 valence electrons. The van der Waals surface area contributed by atoms with Gasteiger partial charge in [-0.2, -0.15) is 0 Å². The fraction of sp³-hybridized carbons (Fsp3) is 0.263. The Labute approximate surface area is 136 Å². The van der Waals surface area contributed by atoms with Gasteiger partial charge in [-0.3, -0.25) is 4.79 Å². The monoisotopic (exact) mass is 311 g/mol. The van der Waals surface area contributed by atoms with Crippen molar-refractivity contribution < 1.29 is 14.3 Å². The predicted molar refractivity (Wildman–Crippen MR) is 90.9 cm³/mol. The summed E-state index contributed by atoms with van der Waals surface area (Å²) in [4.78, 5) is 24.3. The highest BCUT2D eigenvalue weighted by atomic mass is 16.5. The molecule has 1 N–H and O–H groups in total. The summed E-state index contributed by atoms with van der Waals surface area (Å²) in [6.07, 6.45) is 0. The van der Waals surface area contributed by atoms with Crippen LogP contribution in [0.5, 0.6) is 0 Å². The van der Waals surface area contributed by atoms with Crippen molar-refractivity contribution in [2.24, 2.45) is 0 Å². The number of ether oxygens (including phenoxy) is 1. The van der Waals surface area contributed by atoms with Crippen LogP contribution in [0.15, 0.2) is 48.5 Å². The largest absolute Gasteiger partial charge is 0.462 e. The van der Waals surface area contributed by atoms with Crippen LogP contribution in [-0.4, -0.2) is 18.5 Å². The van der Waals surface area contributed by atoms with Gasteiger partial charge in [0.05, 0.1) is 17.9 Å². The molecule has 0 atom stereocenters. The minimum Gasteiger partial charge on any atom is -0.462 e. The molecule has 0 fully saturated rings. The summed E-state index contributed by atoms with van der Waals surface area (Å²) in [7, 11) is 0. The number of carbonyl (C=O) groups excluding carboxylic acids is 2. The lowest BCUT2D eigenvalue weighted by molar-refractivity contribution is 0.0527. The lowest BCUT2D eigenvalue weighted by Gasteiger charge is -2.11. The summed E-state index contributed by atoms with van der Waals surface area (Å²) < 4.78 is 5.01. The molecule has 0 heterocycles. The molecule has 0 aliphatic rings. The maximum absolute atomic E-state index is 12.4. The van der Waals surface area contributed by atoms with Crippen molar-refractivity contribution >= 4 is 17.6 Å². The molecule has 4 heteroatoms. The van der Waals surface area contributed by atoms with Crippen molar-refractivity contribution in [1.29, 1.82) is 0 Å². The third kappa shape index (κ3) is 4.19. The van der Waals surface area contributed by atoms with Gasteiger partial charge in [0.2, 0.25) is 0 Å². The van der Waals surface area contributed by atoms with Crippen LogP contribution in [0.3, 0.4) is 0 Å². The summed E-state index contributed by atoms with van der Waals surface area (Å²) in [6.45, 7) is 6.24. The van der Waals surface area contributed by atoms with Crippen LogP contribution in [-0.2, 0) is 4.74 Å². The molecule has 2 aromatic rings. The van der Waals surface area contributed by atoms with Crippen LogP contribution in [0.2, 0.25) is 0 Å². The fourth-order valence-corrected chi connectivity index (χ4v) is 2.19. The Morgan fingerprint density at radius 1 is 1.04 bits per heavy atom. The molecule has 0 unspecified atom stereocenters. The lowest BCUT2D eigenvalue weighted by atomic mass is 10.0. The smallest absolute Gasteiger partial charge is 0.340 e. The van der Waals surface area contributed by atoms with Crippen molar-refractivity contribution in [2.45, 2.75) is 26.7 Å². The summed E-state index contributed by atoms with van der Waals surface area (Å²) in [5, 5.41) is 2.78. The van der Waals surface area contributed by atoms with Crippen LogP contribution in [0, 0.1) is 0 Å². The van der Waals surface area contributed by atoms with Gasteiger partial charge < -0.3 is 10.1 Å². The molecule has 4 nitrogen and oxygen atoms in total. The summed E-state index contributed by atoms with van der Waals surface area (Å²) in [5.41, 5.74) is 2.52. The zero-order valence-corrected chi connectivity index (χ0v) is 13.6. The molecule has 0 aliphatic carbocycles. The molecular formula is C19H21NO3. The first-order valence-electron chi connectivity index (χ1n) is 7.70. The van der Waals surface area contributed by atoms with E-state index in [9.17, 15) is 9.59 Å². The van der Waals surface area contributed by atoms with Crippen molar-refractivity contribution in [3.8, 4) is 0 Å². The first kappa shape index (κ1) is 16.7. The maximum atomic E-state index is 12.4. The number of amides is 1. The van der Waals surface area contributed by atoms with Gasteiger partial charge in [0.25, 0.3) is 5.91 Å². The second-order valence-corrected chi connectivity index (χ2v) is 5.50. The number of esters is 1. The summed E-state index contributed by atoms with van der Waals surface area (Å²) in [5.74, 6) is -0.285. The summed E-state index contributed by atoms with van der Waals surface area (Å²) in [6, 6.07) is 14.3. The second-order valence-electron chi connectivity index (χ2n) is 5.50. The fourth-order valence-electron chi connectivity index (χ4n) is 2.19. The normalized spacial score (nSPS) is 10.4. The third-order valence-electron chi connectivity index (χ3n) is 3.51. The number of hydrogen-bond donors (Lipinski definition) is 1. The third-order valence-corrected chi connectivity index (χ3v) is 3.51. The number of anilines is 1. The number of benzene rings is 2. The molecule has 2 rings (SSSR count). The molecule has 0 radical (unpaired) electrons. The topological polar surface area (TPSA) is 55.4 Å². The SMILES string of the molecule is CCOC(=O)c1ccccc1NC(=O)c1ccc(C(C)C)cc1. The van der Waals surface area contributed by atoms with Gasteiger partial charge >= 0.3 is 5.97 Å². The Morgan fingerprint density at radius 2 is 1.70 bits per heavy atom. The van der Waals surface area contributed by atoms with Crippen LogP contribution >= 0.6 is 0 Å². The average molecular weight is 311 g/mol. The zero-order valence-electron chi connectivity index (χ0n) is 13.6. The van der Waals surface area contributed by atoms with E-state index in [1.807, 2.05) is 12.1 Å². The number of rotatable bonds is 5. The minimum atomic E-state index is -0.446. The molecule has 0 saturated carbocycles. The van der Waals surface area contributed by atoms with Crippen LogP contribution in [0.1, 0.15) is 53.0 Å². The van der Waals surface area contributed by atoms with E-state index in [0.717, 1.165) is 0 Å². The highest BCUT2D eigenvalue weighted by Gasteiger charge is 2.14. The van der Waals surface area contributed by atoms with E-state index in [1.54, 1.807) is 43.3 Å². The van der Waals surface area contributed by atoms with Gasteiger partial charge in [0.1, 0.15) is 0 Å².